The van der Waals surface area contributed by atoms with Gasteiger partial charge in [-0.1, -0.05) is 0 Å². The molecule has 0 aromatic rings. The molecule has 0 aromatic carbocycles. The fourth-order valence-corrected chi connectivity index (χ4v) is 0. The Hall–Kier alpha value is 1.44. The van der Waals surface area contributed by atoms with Gasteiger partial charge in [0.1, 0.15) is 0 Å². The van der Waals surface area contributed by atoms with Crippen molar-refractivity contribution in [1.29, 1.82) is 0 Å². The van der Waals surface area contributed by atoms with E-state index in [2.05, 4.69) is 0 Å². The minimum atomic E-state index is -1.19. The van der Waals surface area contributed by atoms with Crippen molar-refractivity contribution in [3.05, 3.63) is 0 Å². The molecule has 0 N–H and O–H groups in total. The molecule has 5 heteroatoms. The molecule has 0 atom stereocenters. The summed E-state index contributed by atoms with van der Waals surface area (Å²) < 4.78 is 0. The van der Waals surface area contributed by atoms with Gasteiger partial charge in [0, 0.05) is 8.41 Å². The van der Waals surface area contributed by atoms with Gasteiger partial charge in [-0.2, -0.15) is 0 Å². The summed E-state index contributed by atoms with van der Waals surface area (Å²) in [5, 5.41) is 0. The summed E-state index contributed by atoms with van der Waals surface area (Å²) in [7, 11) is 13.4. The minimum absolute atomic E-state index is 0. The van der Waals surface area contributed by atoms with Gasteiger partial charge in [-0.25, -0.2) is 0 Å². The average Bonchev–Trinajstić information content (AvgIpc) is 0.811. The first kappa shape index (κ1) is 9.67. The maximum atomic E-state index is 4.87. The van der Waals surface area contributed by atoms with Gasteiger partial charge in [0.15, 0.2) is 0 Å². The van der Waals surface area contributed by atoms with Crippen molar-refractivity contribution < 1.29 is 10.9 Å². The Bertz CT molecular complexity index is 11.6. The molecule has 3 radical (unpaired) electrons. The van der Waals surface area contributed by atoms with Gasteiger partial charge in [-0.15, -0.1) is 0 Å². The number of hydrogen-bond acceptors (Lipinski definition) is 0. The Kier molecular flexibility index (Phi) is 10.5. The summed E-state index contributed by atoms with van der Waals surface area (Å²) in [6.45, 7) is 0. The zero-order chi connectivity index (χ0) is 3.58. The molecular weight excluding hydrogens is 176 g/mol. The van der Waals surface area contributed by atoms with Crippen LogP contribution in [0.2, 0.25) is 0 Å². The topological polar surface area (TPSA) is 0 Å². The zero-order valence-electron chi connectivity index (χ0n) is 2.04. The predicted molar refractivity (Wildman–Crippen MR) is 23.3 cm³/mol. The van der Waals surface area contributed by atoms with Gasteiger partial charge in [-0.3, -0.25) is 0 Å². The van der Waals surface area contributed by atoms with E-state index < -0.39 is 10.9 Å². The Morgan fingerprint density at radius 3 is 1.00 bits per heavy atom. The second kappa shape index (κ2) is 5.44. The second-order valence-electron chi connectivity index (χ2n) is 0.143. The van der Waals surface area contributed by atoms with E-state index in [0.717, 1.165) is 0 Å². The molecule has 0 rings (SSSR count). The second-order valence-corrected chi connectivity index (χ2v) is 5.30. The molecule has 33 valence electrons. The van der Waals surface area contributed by atoms with Crippen LogP contribution in [0.15, 0.2) is 0 Å². The van der Waals surface area contributed by atoms with E-state index in [0.29, 0.717) is 0 Å². The van der Waals surface area contributed by atoms with Crippen LogP contribution in [0.25, 0.3) is 0 Å². The number of halogens is 3. The molecule has 0 amide bonds. The molecule has 0 heterocycles. The van der Waals surface area contributed by atoms with Crippen molar-refractivity contribution in [2.75, 3.05) is 0 Å². The van der Waals surface area contributed by atoms with Gasteiger partial charge in [0.05, 0.1) is 0 Å². The molecule has 0 spiro atoms. The molecule has 0 nitrogen and oxygen atoms in total. The molecular formula is BCl3Co. The average molecular weight is 176 g/mol. The number of hydrogen-bond donors (Lipinski definition) is 0. The molecule has 0 fully saturated rings. The van der Waals surface area contributed by atoms with E-state index in [-0.39, 0.29) is 8.41 Å². The van der Waals surface area contributed by atoms with Crippen molar-refractivity contribution in [1.82, 2.24) is 0 Å². The van der Waals surface area contributed by atoms with Crippen LogP contribution in [-0.4, -0.2) is 8.41 Å². The van der Waals surface area contributed by atoms with E-state index >= 15 is 0 Å². The van der Waals surface area contributed by atoms with E-state index in [1.807, 2.05) is 0 Å². The summed E-state index contributed by atoms with van der Waals surface area (Å²) >= 11 is 0. The first-order valence-corrected chi connectivity index (χ1v) is 4.68. The first-order valence-electron chi connectivity index (χ1n) is 0.378. The van der Waals surface area contributed by atoms with E-state index in [9.17, 15) is 0 Å². The summed E-state index contributed by atoms with van der Waals surface area (Å²) in [6.07, 6.45) is 0. The standard InChI is InChI=1S/B.3ClH.Co/h;3*1H;/q;;;;+3/p-3. The Labute approximate surface area is 49.9 Å². The van der Waals surface area contributed by atoms with Crippen LogP contribution in [0.3, 0.4) is 0 Å². The van der Waals surface area contributed by atoms with Crippen LogP contribution in [0.5, 0.6) is 0 Å². The molecule has 0 aliphatic rings. The van der Waals surface area contributed by atoms with E-state index in [1.165, 1.54) is 0 Å². The van der Waals surface area contributed by atoms with Crippen molar-refractivity contribution in [2.24, 2.45) is 0 Å². The van der Waals surface area contributed by atoms with Crippen molar-refractivity contribution in [3.63, 3.8) is 0 Å². The third-order valence-electron chi connectivity index (χ3n) is 0. The SMILES string of the molecule is [B].[Cl][Co]([Cl])[Cl]. The number of rotatable bonds is 0. The van der Waals surface area contributed by atoms with Gasteiger partial charge in [0.2, 0.25) is 0 Å². The van der Waals surface area contributed by atoms with Gasteiger partial charge in [-0.05, 0) is 0 Å². The maximum absolute atomic E-state index is 4.87. The normalized spacial score (nSPS) is 9.00. The predicted octanol–water partition coefficient (Wildman–Crippen LogP) is 1.69. The first-order chi connectivity index (χ1) is 1.73. The summed E-state index contributed by atoms with van der Waals surface area (Å²) in [5.74, 6) is 0. The molecule has 0 aliphatic heterocycles. The molecule has 0 bridgehead atoms. The van der Waals surface area contributed by atoms with E-state index in [1.54, 1.807) is 0 Å². The monoisotopic (exact) mass is 175 g/mol. The Morgan fingerprint density at radius 1 is 1.00 bits per heavy atom. The molecule has 0 saturated heterocycles. The van der Waals surface area contributed by atoms with Gasteiger partial charge >= 0.3 is 41.4 Å². The van der Waals surface area contributed by atoms with Gasteiger partial charge < -0.3 is 0 Å². The third kappa shape index (κ3) is 31.0. The van der Waals surface area contributed by atoms with Crippen LogP contribution in [-0.2, 0) is 10.9 Å². The van der Waals surface area contributed by atoms with Crippen LogP contribution in [0.1, 0.15) is 0 Å². The van der Waals surface area contributed by atoms with Crippen LogP contribution < -0.4 is 0 Å². The van der Waals surface area contributed by atoms with Crippen LogP contribution >= 0.6 is 30.4 Å². The fraction of sp³-hybridized carbons (Fsp3) is 0. The molecule has 5 heavy (non-hydrogen) atoms. The quantitative estimate of drug-likeness (QED) is 0.492. The molecule has 0 aliphatic carbocycles. The Morgan fingerprint density at radius 2 is 1.00 bits per heavy atom. The summed E-state index contributed by atoms with van der Waals surface area (Å²) in [4.78, 5) is 0. The van der Waals surface area contributed by atoms with Crippen molar-refractivity contribution in [2.45, 2.75) is 0 Å². The third-order valence-corrected chi connectivity index (χ3v) is 0. The van der Waals surface area contributed by atoms with Crippen LogP contribution in [0, 0.1) is 0 Å². The Balaban J connectivity index is 0. The summed E-state index contributed by atoms with van der Waals surface area (Å²) in [6, 6.07) is 0. The summed E-state index contributed by atoms with van der Waals surface area (Å²) in [5.41, 5.74) is 0. The zero-order valence-corrected chi connectivity index (χ0v) is 5.35. The van der Waals surface area contributed by atoms with E-state index in [4.69, 9.17) is 30.4 Å². The van der Waals surface area contributed by atoms with Crippen LogP contribution in [0.4, 0.5) is 0 Å². The molecule has 0 unspecified atom stereocenters. The molecule has 0 saturated carbocycles. The van der Waals surface area contributed by atoms with Gasteiger partial charge in [0.25, 0.3) is 0 Å². The van der Waals surface area contributed by atoms with Crippen molar-refractivity contribution in [3.8, 4) is 0 Å². The fourth-order valence-electron chi connectivity index (χ4n) is 0. The van der Waals surface area contributed by atoms with Crippen molar-refractivity contribution >= 4 is 38.9 Å². The molecule has 0 aromatic heterocycles.